The zero-order chi connectivity index (χ0) is 23.3. The number of nitrogens with one attached hydrogen (secondary N) is 2. The van der Waals surface area contributed by atoms with Crippen molar-refractivity contribution in [3.63, 3.8) is 0 Å². The summed E-state index contributed by atoms with van der Waals surface area (Å²) in [5.74, 6) is 1.84. The molecule has 6 nitrogen and oxygen atoms in total. The highest BCUT2D eigenvalue weighted by Gasteiger charge is 2.46. The highest BCUT2D eigenvalue weighted by molar-refractivity contribution is 7.99. The summed E-state index contributed by atoms with van der Waals surface area (Å²) in [6, 6.07) is 8.63. The van der Waals surface area contributed by atoms with Gasteiger partial charge in [-0.25, -0.2) is 4.79 Å². The second kappa shape index (κ2) is 10.7. The molecule has 1 saturated carbocycles. The number of hydrogen-bond acceptors (Lipinski definition) is 5. The first kappa shape index (κ1) is 23.7. The number of hydrogen-bond donors (Lipinski definition) is 2. The molecule has 0 saturated heterocycles. The molecule has 0 spiro atoms. The second-order valence-corrected chi connectivity index (χ2v) is 10.2. The molecule has 2 amide bonds. The van der Waals surface area contributed by atoms with Crippen LogP contribution < -0.4 is 10.6 Å². The maximum absolute atomic E-state index is 13.1. The number of amides is 2. The van der Waals surface area contributed by atoms with Gasteiger partial charge in [-0.15, -0.1) is 11.8 Å². The lowest BCUT2D eigenvalue weighted by atomic mass is 9.63. The highest BCUT2D eigenvalue weighted by atomic mass is 32.2. The van der Waals surface area contributed by atoms with Crippen molar-refractivity contribution < 1.29 is 19.1 Å². The van der Waals surface area contributed by atoms with Crippen LogP contribution in [0, 0.1) is 11.3 Å². The van der Waals surface area contributed by atoms with Gasteiger partial charge < -0.3 is 20.1 Å². The van der Waals surface area contributed by atoms with Gasteiger partial charge in [-0.1, -0.05) is 30.4 Å². The first-order chi connectivity index (χ1) is 16.1. The van der Waals surface area contributed by atoms with Crippen molar-refractivity contribution in [2.24, 2.45) is 11.3 Å². The van der Waals surface area contributed by atoms with Crippen molar-refractivity contribution in [1.29, 1.82) is 0 Å². The van der Waals surface area contributed by atoms with Crippen LogP contribution >= 0.6 is 11.8 Å². The van der Waals surface area contributed by atoms with E-state index in [1.165, 1.54) is 10.5 Å². The van der Waals surface area contributed by atoms with Crippen molar-refractivity contribution in [2.75, 3.05) is 26.0 Å². The summed E-state index contributed by atoms with van der Waals surface area (Å²) < 4.78 is 11.1. The maximum Gasteiger partial charge on any atom is 0.407 e. The minimum atomic E-state index is -0.339. The molecule has 4 rings (SSSR count). The van der Waals surface area contributed by atoms with Crippen molar-refractivity contribution in [3.8, 4) is 0 Å². The van der Waals surface area contributed by atoms with Gasteiger partial charge in [-0.2, -0.15) is 0 Å². The molecule has 2 atom stereocenters. The van der Waals surface area contributed by atoms with E-state index in [9.17, 15) is 9.59 Å². The van der Waals surface area contributed by atoms with Gasteiger partial charge in [0.25, 0.3) is 0 Å². The number of thioether (sulfide) groups is 1. The van der Waals surface area contributed by atoms with Crippen molar-refractivity contribution >= 4 is 23.8 Å². The van der Waals surface area contributed by atoms with E-state index in [1.807, 2.05) is 36.9 Å². The molecule has 7 heteroatoms. The Hall–Kier alpha value is -2.41. The average molecular weight is 471 g/mol. The third kappa shape index (κ3) is 5.24. The van der Waals surface area contributed by atoms with Gasteiger partial charge in [0.05, 0.1) is 13.0 Å². The third-order valence-electron chi connectivity index (χ3n) is 7.24. The van der Waals surface area contributed by atoms with Crippen molar-refractivity contribution in [3.05, 3.63) is 53.8 Å². The SMILES string of the molecule is CCNC(=O)OC1CCC(CNC(=O)C2CC=CC=C2OC)(C2CSc3ccccc32)CC1. The fourth-order valence-electron chi connectivity index (χ4n) is 5.38. The first-order valence-electron chi connectivity index (χ1n) is 11.9. The summed E-state index contributed by atoms with van der Waals surface area (Å²) in [4.78, 5) is 26.4. The molecule has 178 valence electrons. The van der Waals surface area contributed by atoms with Gasteiger partial charge in [0.1, 0.15) is 11.9 Å². The molecule has 2 N–H and O–H groups in total. The monoisotopic (exact) mass is 470 g/mol. The minimum Gasteiger partial charge on any atom is -0.500 e. The van der Waals surface area contributed by atoms with Crippen LogP contribution in [0.3, 0.4) is 0 Å². The van der Waals surface area contributed by atoms with Gasteiger partial charge >= 0.3 is 6.09 Å². The van der Waals surface area contributed by atoms with Crippen molar-refractivity contribution in [2.45, 2.75) is 55.9 Å². The molecular weight excluding hydrogens is 436 g/mol. The molecule has 1 aromatic carbocycles. The Labute approximate surface area is 200 Å². The number of carbonyl (C=O) groups excluding carboxylic acids is 2. The predicted molar refractivity (Wildman–Crippen MR) is 130 cm³/mol. The standard InChI is InChI=1S/C26H34N2O4S/c1-3-27-25(30)32-18-12-14-26(15-13-18,21-16-33-23-11-7-5-8-19(21)23)17-28-24(29)20-9-4-6-10-22(20)31-2/h4-8,10-11,18,20-21H,3,9,12-17H2,1-2H3,(H,27,30)(H,28,29). The number of methoxy groups -OCH3 is 1. The smallest absolute Gasteiger partial charge is 0.407 e. The van der Waals surface area contributed by atoms with Gasteiger partial charge in [0.15, 0.2) is 0 Å². The highest BCUT2D eigenvalue weighted by Crippen LogP contribution is 2.54. The van der Waals surface area contributed by atoms with Crippen LogP contribution in [0.25, 0.3) is 0 Å². The zero-order valence-corrected chi connectivity index (χ0v) is 20.3. The lowest BCUT2D eigenvalue weighted by Crippen LogP contribution is -2.47. The molecule has 0 radical (unpaired) electrons. The molecule has 33 heavy (non-hydrogen) atoms. The molecule has 0 bridgehead atoms. The lowest BCUT2D eigenvalue weighted by Gasteiger charge is -2.44. The predicted octanol–water partition coefficient (Wildman–Crippen LogP) is 4.77. The molecular formula is C26H34N2O4S. The molecule has 1 aliphatic heterocycles. The van der Waals surface area contributed by atoms with Gasteiger partial charge in [0.2, 0.25) is 5.91 Å². The number of alkyl carbamates (subject to hydrolysis) is 1. The van der Waals surface area contributed by atoms with E-state index in [0.717, 1.165) is 31.4 Å². The summed E-state index contributed by atoms with van der Waals surface area (Å²) in [6.45, 7) is 3.07. The average Bonchev–Trinajstić information content (AvgIpc) is 3.28. The largest absolute Gasteiger partial charge is 0.500 e. The summed E-state index contributed by atoms with van der Waals surface area (Å²) >= 11 is 1.91. The number of fused-ring (bicyclic) bond motifs is 1. The molecule has 3 aliphatic rings. The molecule has 2 unspecified atom stereocenters. The summed E-state index contributed by atoms with van der Waals surface area (Å²) in [7, 11) is 1.62. The third-order valence-corrected chi connectivity index (χ3v) is 8.42. The maximum atomic E-state index is 13.1. The van der Waals surface area contributed by atoms with E-state index < -0.39 is 0 Å². The van der Waals surface area contributed by atoms with E-state index in [0.29, 0.717) is 31.2 Å². The quantitative estimate of drug-likeness (QED) is 0.600. The van der Waals surface area contributed by atoms with Crippen LogP contribution in [0.15, 0.2) is 53.1 Å². The van der Waals surface area contributed by atoms with E-state index in [-0.39, 0.29) is 29.4 Å². The van der Waals surface area contributed by atoms with Crippen molar-refractivity contribution in [1.82, 2.24) is 10.6 Å². The topological polar surface area (TPSA) is 76.7 Å². The Balaban J connectivity index is 1.49. The Morgan fingerprint density at radius 2 is 1.97 bits per heavy atom. The van der Waals surface area contributed by atoms with Gasteiger partial charge in [-0.05, 0) is 62.1 Å². The number of benzene rings is 1. The van der Waals surface area contributed by atoms with E-state index in [4.69, 9.17) is 9.47 Å². The van der Waals surface area contributed by atoms with E-state index in [2.05, 4.69) is 34.9 Å². The molecule has 1 fully saturated rings. The van der Waals surface area contributed by atoms with Crippen LogP contribution in [-0.4, -0.2) is 44.1 Å². The molecule has 0 aromatic heterocycles. The fraction of sp³-hybridized carbons (Fsp3) is 0.538. The Morgan fingerprint density at radius 1 is 1.18 bits per heavy atom. The van der Waals surface area contributed by atoms with Gasteiger partial charge in [0, 0.05) is 29.7 Å². The Bertz CT molecular complexity index is 921. The lowest BCUT2D eigenvalue weighted by molar-refractivity contribution is -0.125. The molecule has 2 aliphatic carbocycles. The van der Waals surface area contributed by atoms with Crippen LogP contribution in [0.1, 0.15) is 50.5 Å². The number of carbonyl (C=O) groups is 2. The molecule has 1 heterocycles. The fourth-order valence-corrected chi connectivity index (χ4v) is 6.81. The van der Waals surface area contributed by atoms with Crippen LogP contribution in [0.2, 0.25) is 0 Å². The summed E-state index contributed by atoms with van der Waals surface area (Å²) in [6.07, 6.45) is 9.51. The number of rotatable bonds is 7. The van der Waals surface area contributed by atoms with Crippen LogP contribution in [0.5, 0.6) is 0 Å². The van der Waals surface area contributed by atoms with E-state index in [1.54, 1.807) is 7.11 Å². The van der Waals surface area contributed by atoms with Crippen LogP contribution in [-0.2, 0) is 14.3 Å². The van der Waals surface area contributed by atoms with Crippen LogP contribution in [0.4, 0.5) is 4.79 Å². The second-order valence-electron chi connectivity index (χ2n) is 9.11. The number of ether oxygens (including phenoxy) is 2. The molecule has 1 aromatic rings. The number of allylic oxidation sites excluding steroid dienone is 3. The summed E-state index contributed by atoms with van der Waals surface area (Å²) in [5.41, 5.74) is 1.33. The Morgan fingerprint density at radius 3 is 2.73 bits per heavy atom. The van der Waals surface area contributed by atoms with E-state index >= 15 is 0 Å². The first-order valence-corrected chi connectivity index (χ1v) is 12.9. The van der Waals surface area contributed by atoms with Gasteiger partial charge in [-0.3, -0.25) is 4.79 Å². The zero-order valence-electron chi connectivity index (χ0n) is 19.5. The normalized spacial score (nSPS) is 28.4. The Kier molecular flexibility index (Phi) is 7.68. The summed E-state index contributed by atoms with van der Waals surface area (Å²) in [5, 5.41) is 6.01. The minimum absolute atomic E-state index is 0.0199.